The minimum Gasteiger partial charge on any atom is -0.497 e. The van der Waals surface area contributed by atoms with Crippen LogP contribution in [0.2, 0.25) is 0 Å². The summed E-state index contributed by atoms with van der Waals surface area (Å²) in [6, 6.07) is 7.19. The third-order valence-electron chi connectivity index (χ3n) is 3.54. The van der Waals surface area contributed by atoms with Crippen LogP contribution in [0.5, 0.6) is 5.75 Å². The van der Waals surface area contributed by atoms with E-state index in [9.17, 15) is 13.5 Å². The maximum Gasteiger partial charge on any atom is 0.151 e. The summed E-state index contributed by atoms with van der Waals surface area (Å²) in [6.07, 6.45) is 0.856. The minimum atomic E-state index is -2.92. The van der Waals surface area contributed by atoms with Crippen molar-refractivity contribution >= 4 is 9.84 Å². The van der Waals surface area contributed by atoms with Gasteiger partial charge in [0.05, 0.1) is 24.7 Å². The Bertz CT molecular complexity index is 544. The summed E-state index contributed by atoms with van der Waals surface area (Å²) >= 11 is 0. The lowest BCUT2D eigenvalue weighted by atomic mass is 10.1. The van der Waals surface area contributed by atoms with Gasteiger partial charge in [0.15, 0.2) is 9.84 Å². The highest BCUT2D eigenvalue weighted by atomic mass is 32.2. The zero-order chi connectivity index (χ0) is 14.6. The smallest absolute Gasteiger partial charge is 0.151 e. The van der Waals surface area contributed by atoms with Crippen LogP contribution < -0.4 is 10.1 Å². The Hall–Kier alpha value is -1.11. The molecule has 112 valence electrons. The average molecular weight is 299 g/mol. The van der Waals surface area contributed by atoms with Gasteiger partial charge in [0.25, 0.3) is 0 Å². The summed E-state index contributed by atoms with van der Waals surface area (Å²) in [5.74, 6) is 1.14. The van der Waals surface area contributed by atoms with Crippen LogP contribution in [0.4, 0.5) is 0 Å². The molecule has 1 heterocycles. The van der Waals surface area contributed by atoms with Crippen molar-refractivity contribution in [3.63, 3.8) is 0 Å². The molecule has 0 spiro atoms. The van der Waals surface area contributed by atoms with E-state index in [0.717, 1.165) is 12.0 Å². The van der Waals surface area contributed by atoms with E-state index >= 15 is 0 Å². The first-order valence-electron chi connectivity index (χ1n) is 6.76. The Morgan fingerprint density at radius 2 is 2.30 bits per heavy atom. The fourth-order valence-electron chi connectivity index (χ4n) is 2.43. The zero-order valence-corrected chi connectivity index (χ0v) is 12.4. The number of nitrogens with one attached hydrogen (secondary N) is 1. The van der Waals surface area contributed by atoms with Crippen molar-refractivity contribution in [3.8, 4) is 5.75 Å². The molecule has 6 heteroatoms. The highest BCUT2D eigenvalue weighted by molar-refractivity contribution is 7.91. The van der Waals surface area contributed by atoms with Crippen LogP contribution in [0.3, 0.4) is 0 Å². The maximum atomic E-state index is 11.5. The van der Waals surface area contributed by atoms with Crippen LogP contribution in [-0.2, 0) is 9.84 Å². The average Bonchev–Trinajstić information content (AvgIpc) is 2.44. The van der Waals surface area contributed by atoms with Gasteiger partial charge in [-0.15, -0.1) is 0 Å². The second kappa shape index (κ2) is 6.56. The molecule has 0 saturated carbocycles. The fourth-order valence-corrected chi connectivity index (χ4v) is 4.10. The van der Waals surface area contributed by atoms with Gasteiger partial charge in [-0.3, -0.25) is 0 Å². The SMILES string of the molecule is COc1cccc(C(O)CNC2CCCS(=O)(=O)C2)c1. The summed E-state index contributed by atoms with van der Waals surface area (Å²) < 4.78 is 28.2. The molecule has 0 radical (unpaired) electrons. The third-order valence-corrected chi connectivity index (χ3v) is 5.36. The van der Waals surface area contributed by atoms with E-state index in [-0.39, 0.29) is 17.5 Å². The summed E-state index contributed by atoms with van der Waals surface area (Å²) in [6.45, 7) is 0.341. The molecule has 1 fully saturated rings. The Labute approximate surface area is 119 Å². The molecule has 0 aromatic heterocycles. The molecule has 1 aliphatic heterocycles. The molecule has 0 aliphatic carbocycles. The molecule has 1 aromatic carbocycles. The lowest BCUT2D eigenvalue weighted by Gasteiger charge is -2.24. The number of sulfone groups is 1. The highest BCUT2D eigenvalue weighted by Gasteiger charge is 2.24. The number of hydrogen-bond donors (Lipinski definition) is 2. The van der Waals surface area contributed by atoms with E-state index in [4.69, 9.17) is 4.74 Å². The first-order chi connectivity index (χ1) is 9.50. The Kier molecular flexibility index (Phi) is 5.01. The van der Waals surface area contributed by atoms with Crippen LogP contribution in [0, 0.1) is 0 Å². The van der Waals surface area contributed by atoms with Crippen LogP contribution in [0.15, 0.2) is 24.3 Å². The van der Waals surface area contributed by atoms with Crippen LogP contribution in [0.25, 0.3) is 0 Å². The van der Waals surface area contributed by atoms with Crippen LogP contribution >= 0.6 is 0 Å². The number of benzene rings is 1. The van der Waals surface area contributed by atoms with Crippen molar-refractivity contribution in [2.45, 2.75) is 25.0 Å². The van der Waals surface area contributed by atoms with Gasteiger partial charge < -0.3 is 15.2 Å². The van der Waals surface area contributed by atoms with Crippen LogP contribution in [-0.4, -0.2) is 44.7 Å². The van der Waals surface area contributed by atoms with E-state index in [1.165, 1.54) is 0 Å². The van der Waals surface area contributed by atoms with Crippen molar-refractivity contribution in [1.82, 2.24) is 5.32 Å². The van der Waals surface area contributed by atoms with Gasteiger partial charge in [0.2, 0.25) is 0 Å². The van der Waals surface area contributed by atoms with Gasteiger partial charge in [-0.1, -0.05) is 12.1 Å². The van der Waals surface area contributed by atoms with Gasteiger partial charge in [-0.05, 0) is 30.5 Å². The van der Waals surface area contributed by atoms with Crippen molar-refractivity contribution in [2.75, 3.05) is 25.2 Å². The quantitative estimate of drug-likeness (QED) is 0.845. The molecular weight excluding hydrogens is 278 g/mol. The second-order valence-corrected chi connectivity index (χ2v) is 7.38. The molecule has 2 unspecified atom stereocenters. The van der Waals surface area contributed by atoms with Crippen molar-refractivity contribution in [2.24, 2.45) is 0 Å². The largest absolute Gasteiger partial charge is 0.497 e. The predicted octanol–water partition coefficient (Wildman–Crippen LogP) is 0.895. The Balaban J connectivity index is 1.89. The number of aliphatic hydroxyl groups is 1. The van der Waals surface area contributed by atoms with Crippen molar-refractivity contribution in [1.29, 1.82) is 0 Å². The molecule has 1 aliphatic rings. The number of methoxy groups -OCH3 is 1. The van der Waals surface area contributed by atoms with Gasteiger partial charge >= 0.3 is 0 Å². The fraction of sp³-hybridized carbons (Fsp3) is 0.571. The van der Waals surface area contributed by atoms with E-state index in [1.54, 1.807) is 13.2 Å². The highest BCUT2D eigenvalue weighted by Crippen LogP contribution is 2.19. The monoisotopic (exact) mass is 299 g/mol. The Morgan fingerprint density at radius 1 is 1.50 bits per heavy atom. The molecule has 0 amide bonds. The van der Waals surface area contributed by atoms with Crippen molar-refractivity contribution < 1.29 is 18.3 Å². The third kappa shape index (κ3) is 4.19. The van der Waals surface area contributed by atoms with Gasteiger partial charge in [-0.25, -0.2) is 8.42 Å². The normalized spacial score (nSPS) is 23.2. The number of rotatable bonds is 5. The Morgan fingerprint density at radius 3 is 3.00 bits per heavy atom. The predicted molar refractivity (Wildman–Crippen MR) is 77.6 cm³/mol. The topological polar surface area (TPSA) is 75.6 Å². The molecule has 2 atom stereocenters. The summed E-state index contributed by atoms with van der Waals surface area (Å²) in [5.41, 5.74) is 0.760. The number of hydrogen-bond acceptors (Lipinski definition) is 5. The lowest BCUT2D eigenvalue weighted by molar-refractivity contribution is 0.169. The standard InChI is InChI=1S/C14H21NO4S/c1-19-13-6-2-4-11(8-13)14(16)9-15-12-5-3-7-20(17,18)10-12/h2,4,6,8,12,14-16H,3,5,7,9-10H2,1H3. The summed E-state index contributed by atoms with van der Waals surface area (Å²) in [5, 5.41) is 13.3. The summed E-state index contributed by atoms with van der Waals surface area (Å²) in [4.78, 5) is 0. The lowest BCUT2D eigenvalue weighted by Crippen LogP contribution is -2.41. The first kappa shape index (κ1) is 15.3. The molecule has 2 N–H and O–H groups in total. The minimum absolute atomic E-state index is 0.0611. The number of aliphatic hydroxyl groups excluding tert-OH is 1. The van der Waals surface area contributed by atoms with Gasteiger partial charge in [0.1, 0.15) is 5.75 Å². The second-order valence-electron chi connectivity index (χ2n) is 5.15. The molecule has 1 saturated heterocycles. The molecule has 20 heavy (non-hydrogen) atoms. The molecule has 0 bridgehead atoms. The van der Waals surface area contributed by atoms with Crippen molar-refractivity contribution in [3.05, 3.63) is 29.8 Å². The summed E-state index contributed by atoms with van der Waals surface area (Å²) in [7, 11) is -1.34. The number of ether oxygens (including phenoxy) is 1. The van der Waals surface area contributed by atoms with E-state index in [2.05, 4.69) is 5.32 Å². The van der Waals surface area contributed by atoms with E-state index < -0.39 is 15.9 Å². The van der Waals surface area contributed by atoms with Crippen LogP contribution in [0.1, 0.15) is 24.5 Å². The molecular formula is C14H21NO4S. The van der Waals surface area contributed by atoms with Gasteiger partial charge in [-0.2, -0.15) is 0 Å². The molecule has 5 nitrogen and oxygen atoms in total. The maximum absolute atomic E-state index is 11.5. The molecule has 1 aromatic rings. The zero-order valence-electron chi connectivity index (χ0n) is 11.6. The van der Waals surface area contributed by atoms with E-state index in [0.29, 0.717) is 18.7 Å². The van der Waals surface area contributed by atoms with Gasteiger partial charge in [0, 0.05) is 12.6 Å². The molecule has 2 rings (SSSR count). The first-order valence-corrected chi connectivity index (χ1v) is 8.58. The van der Waals surface area contributed by atoms with E-state index in [1.807, 2.05) is 18.2 Å².